The Kier molecular flexibility index (Phi) is 7.72. The number of amides is 2. The van der Waals surface area contributed by atoms with Crippen molar-refractivity contribution >= 4 is 45.2 Å². The number of nitrogens with zero attached hydrogens (tertiary/aromatic N) is 1. The van der Waals surface area contributed by atoms with Gasteiger partial charge in [0.2, 0.25) is 11.8 Å². The average Bonchev–Trinajstić information content (AvgIpc) is 2.60. The number of thioether (sulfide) groups is 1. The number of para-hydroxylation sites is 1. The van der Waals surface area contributed by atoms with Crippen LogP contribution in [0.25, 0.3) is 0 Å². The summed E-state index contributed by atoms with van der Waals surface area (Å²) in [6.45, 7) is 6.65. The first-order valence-corrected chi connectivity index (χ1v) is 10.2. The van der Waals surface area contributed by atoms with Gasteiger partial charge in [-0.15, -0.1) is 11.8 Å². The minimum Gasteiger partial charge on any atom is -0.339 e. The summed E-state index contributed by atoms with van der Waals surface area (Å²) in [7, 11) is 0. The van der Waals surface area contributed by atoms with Crippen molar-refractivity contribution in [3.05, 3.63) is 58.1 Å². The van der Waals surface area contributed by atoms with Crippen LogP contribution in [0.3, 0.4) is 0 Å². The van der Waals surface area contributed by atoms with Crippen LogP contribution < -0.4 is 5.32 Å². The third kappa shape index (κ3) is 5.88. The molecule has 0 aliphatic carbocycles. The van der Waals surface area contributed by atoms with Gasteiger partial charge in [-0.2, -0.15) is 0 Å². The highest BCUT2D eigenvalue weighted by molar-refractivity contribution is 9.10. The Morgan fingerprint density at radius 1 is 1.19 bits per heavy atom. The first-order chi connectivity index (χ1) is 12.4. The third-order valence-corrected chi connectivity index (χ3v) is 5.64. The minimum atomic E-state index is -0.0596. The highest BCUT2D eigenvalue weighted by Crippen LogP contribution is 2.26. The van der Waals surface area contributed by atoms with Gasteiger partial charge < -0.3 is 10.2 Å². The maximum Gasteiger partial charge on any atom is 0.234 e. The third-order valence-electron chi connectivity index (χ3n) is 3.98. The molecule has 138 valence electrons. The lowest BCUT2D eigenvalue weighted by Crippen LogP contribution is -2.28. The van der Waals surface area contributed by atoms with Crippen LogP contribution in [0, 0.1) is 6.92 Å². The summed E-state index contributed by atoms with van der Waals surface area (Å²) in [6, 6.07) is 13.6. The molecule has 0 fully saturated rings. The summed E-state index contributed by atoms with van der Waals surface area (Å²) < 4.78 is 1.03. The first-order valence-electron chi connectivity index (χ1n) is 8.43. The highest BCUT2D eigenvalue weighted by atomic mass is 79.9. The van der Waals surface area contributed by atoms with E-state index in [1.165, 1.54) is 11.8 Å². The molecular weight excluding hydrogens is 412 g/mol. The molecule has 0 saturated carbocycles. The van der Waals surface area contributed by atoms with Crippen molar-refractivity contribution in [1.29, 1.82) is 0 Å². The van der Waals surface area contributed by atoms with Gasteiger partial charge in [0.1, 0.15) is 0 Å². The number of nitrogens with one attached hydrogen (secondary N) is 1. The Hall–Kier alpha value is -1.79. The fourth-order valence-electron chi connectivity index (χ4n) is 2.54. The van der Waals surface area contributed by atoms with Gasteiger partial charge in [0.15, 0.2) is 0 Å². The van der Waals surface area contributed by atoms with Gasteiger partial charge in [-0.1, -0.05) is 34.1 Å². The molecule has 0 heterocycles. The molecule has 0 aliphatic heterocycles. The maximum absolute atomic E-state index is 12.4. The Bertz CT molecular complexity index is 795. The van der Waals surface area contributed by atoms with Crippen LogP contribution in [0.2, 0.25) is 0 Å². The van der Waals surface area contributed by atoms with Gasteiger partial charge in [0.05, 0.1) is 5.75 Å². The number of halogens is 1. The largest absolute Gasteiger partial charge is 0.339 e. The van der Waals surface area contributed by atoms with Crippen LogP contribution in [-0.2, 0) is 16.1 Å². The molecule has 0 saturated heterocycles. The molecular formula is C20H23BrN2O2S. The molecule has 2 amide bonds. The number of carbonyl (C=O) groups is 2. The molecule has 0 aliphatic rings. The monoisotopic (exact) mass is 434 g/mol. The van der Waals surface area contributed by atoms with Crippen molar-refractivity contribution in [3.63, 3.8) is 0 Å². The predicted octanol–water partition coefficient (Wildman–Crippen LogP) is 4.86. The number of anilines is 1. The molecule has 0 bridgehead atoms. The molecule has 1 N–H and O–H groups in total. The molecule has 2 rings (SSSR count). The van der Waals surface area contributed by atoms with Crippen molar-refractivity contribution in [3.8, 4) is 0 Å². The number of benzene rings is 2. The first kappa shape index (κ1) is 20.5. The molecule has 0 aromatic heterocycles. The molecule has 2 aromatic carbocycles. The Morgan fingerprint density at radius 3 is 2.58 bits per heavy atom. The molecule has 0 radical (unpaired) electrons. The van der Waals surface area contributed by atoms with E-state index < -0.39 is 0 Å². The summed E-state index contributed by atoms with van der Waals surface area (Å²) in [6.07, 6.45) is 0. The van der Waals surface area contributed by atoms with E-state index >= 15 is 0 Å². The normalized spacial score (nSPS) is 10.5. The number of aryl methyl sites for hydroxylation is 1. The number of carbonyl (C=O) groups excluding carboxylic acids is 2. The zero-order valence-electron chi connectivity index (χ0n) is 15.2. The SMILES string of the molecule is CCN(Cc1ccccc1NC(=O)CSc1ccc(Br)cc1C)C(C)=O. The molecule has 0 spiro atoms. The topological polar surface area (TPSA) is 49.4 Å². The molecule has 0 unspecified atom stereocenters. The lowest BCUT2D eigenvalue weighted by atomic mass is 10.1. The van der Waals surface area contributed by atoms with Crippen molar-refractivity contribution in [2.24, 2.45) is 0 Å². The average molecular weight is 435 g/mol. The van der Waals surface area contributed by atoms with Crippen LogP contribution >= 0.6 is 27.7 Å². The van der Waals surface area contributed by atoms with Crippen LogP contribution in [0.5, 0.6) is 0 Å². The van der Waals surface area contributed by atoms with E-state index in [-0.39, 0.29) is 11.8 Å². The predicted molar refractivity (Wildman–Crippen MR) is 111 cm³/mol. The quantitative estimate of drug-likeness (QED) is 0.633. The number of hydrogen-bond donors (Lipinski definition) is 1. The van der Waals surface area contributed by atoms with Gasteiger partial charge in [0, 0.05) is 35.1 Å². The molecule has 4 nitrogen and oxygen atoms in total. The van der Waals surface area contributed by atoms with E-state index in [9.17, 15) is 9.59 Å². The Morgan fingerprint density at radius 2 is 1.92 bits per heavy atom. The summed E-state index contributed by atoms with van der Waals surface area (Å²) >= 11 is 4.96. The van der Waals surface area contributed by atoms with Gasteiger partial charge in [-0.25, -0.2) is 0 Å². The fraction of sp³-hybridized carbons (Fsp3) is 0.300. The number of hydrogen-bond acceptors (Lipinski definition) is 3. The highest BCUT2D eigenvalue weighted by Gasteiger charge is 2.12. The molecule has 2 aromatic rings. The van der Waals surface area contributed by atoms with Crippen molar-refractivity contribution in [2.75, 3.05) is 17.6 Å². The zero-order chi connectivity index (χ0) is 19.1. The van der Waals surface area contributed by atoms with Crippen molar-refractivity contribution in [1.82, 2.24) is 4.90 Å². The van der Waals surface area contributed by atoms with Crippen LogP contribution in [0.15, 0.2) is 51.8 Å². The van der Waals surface area contributed by atoms with Gasteiger partial charge in [-0.05, 0) is 49.2 Å². The van der Waals surface area contributed by atoms with E-state index in [4.69, 9.17) is 0 Å². The van der Waals surface area contributed by atoms with Gasteiger partial charge in [0.25, 0.3) is 0 Å². The Balaban J connectivity index is 2.01. The summed E-state index contributed by atoms with van der Waals surface area (Å²) in [5.74, 6) is 0.298. The smallest absolute Gasteiger partial charge is 0.234 e. The van der Waals surface area contributed by atoms with E-state index in [0.29, 0.717) is 18.8 Å². The van der Waals surface area contributed by atoms with Crippen molar-refractivity contribution < 1.29 is 9.59 Å². The van der Waals surface area contributed by atoms with E-state index in [0.717, 1.165) is 26.2 Å². The second-order valence-corrected chi connectivity index (χ2v) is 7.87. The summed E-state index contributed by atoms with van der Waals surface area (Å²) in [5, 5.41) is 2.97. The summed E-state index contributed by atoms with van der Waals surface area (Å²) in [5.41, 5.74) is 2.82. The summed E-state index contributed by atoms with van der Waals surface area (Å²) in [4.78, 5) is 26.9. The molecule has 0 atom stereocenters. The molecule has 6 heteroatoms. The van der Waals surface area contributed by atoms with E-state index in [1.54, 1.807) is 11.8 Å². The van der Waals surface area contributed by atoms with Crippen LogP contribution in [0.1, 0.15) is 25.0 Å². The van der Waals surface area contributed by atoms with E-state index in [1.807, 2.05) is 56.3 Å². The van der Waals surface area contributed by atoms with Gasteiger partial charge >= 0.3 is 0 Å². The second-order valence-electron chi connectivity index (χ2n) is 5.94. The molecule has 26 heavy (non-hydrogen) atoms. The lowest BCUT2D eigenvalue weighted by molar-refractivity contribution is -0.129. The fourth-order valence-corrected chi connectivity index (χ4v) is 3.82. The zero-order valence-corrected chi connectivity index (χ0v) is 17.6. The van der Waals surface area contributed by atoms with Crippen LogP contribution in [-0.4, -0.2) is 29.0 Å². The van der Waals surface area contributed by atoms with Crippen LogP contribution in [0.4, 0.5) is 5.69 Å². The van der Waals surface area contributed by atoms with E-state index in [2.05, 4.69) is 21.2 Å². The Labute approximate surface area is 167 Å². The minimum absolute atomic E-state index is 0.0231. The lowest BCUT2D eigenvalue weighted by Gasteiger charge is -2.21. The van der Waals surface area contributed by atoms with Crippen molar-refractivity contribution in [2.45, 2.75) is 32.2 Å². The standard InChI is InChI=1S/C20H23BrN2O2S/c1-4-23(15(3)24)12-16-7-5-6-8-18(16)22-20(25)13-26-19-10-9-17(21)11-14(19)2/h5-11H,4,12-13H2,1-3H3,(H,22,25). The number of rotatable bonds is 7. The maximum atomic E-state index is 12.4. The van der Waals surface area contributed by atoms with Gasteiger partial charge in [-0.3, -0.25) is 9.59 Å². The second kappa shape index (κ2) is 9.78.